The van der Waals surface area contributed by atoms with E-state index in [1.54, 1.807) is 6.07 Å². The number of nitrogens with one attached hydrogen (secondary N) is 1. The number of aromatic nitrogens is 2. The van der Waals surface area contributed by atoms with Crippen molar-refractivity contribution in [3.05, 3.63) is 48.3 Å². The number of imidazole rings is 1. The molecule has 7 heteroatoms. The third kappa shape index (κ3) is 3.53. The maximum atomic E-state index is 12.3. The molecule has 7 nitrogen and oxygen atoms in total. The lowest BCUT2D eigenvalue weighted by Crippen LogP contribution is -2.44. The summed E-state index contributed by atoms with van der Waals surface area (Å²) in [6.07, 6.45) is 0.914. The van der Waals surface area contributed by atoms with Crippen LogP contribution in [0.4, 0.5) is 5.69 Å². The number of ether oxygens (including phenoxy) is 2. The minimum Gasteiger partial charge on any atom is -0.485 e. The van der Waals surface area contributed by atoms with E-state index in [2.05, 4.69) is 14.9 Å². The van der Waals surface area contributed by atoms with Gasteiger partial charge in [0.25, 0.3) is 5.91 Å². The molecule has 1 amide bonds. The first-order valence-corrected chi connectivity index (χ1v) is 8.99. The van der Waals surface area contributed by atoms with Gasteiger partial charge in [-0.25, -0.2) is 4.98 Å². The van der Waals surface area contributed by atoms with Crippen LogP contribution in [-0.4, -0.2) is 34.7 Å². The molecule has 0 aliphatic carbocycles. The lowest BCUT2D eigenvalue weighted by Gasteiger charge is -2.25. The van der Waals surface area contributed by atoms with Crippen LogP contribution in [-0.2, 0) is 18.3 Å². The van der Waals surface area contributed by atoms with Crippen molar-refractivity contribution in [1.82, 2.24) is 14.9 Å². The predicted molar refractivity (Wildman–Crippen MR) is 103 cm³/mol. The highest BCUT2D eigenvalue weighted by Gasteiger charge is 2.26. The summed E-state index contributed by atoms with van der Waals surface area (Å²) < 4.78 is 13.4. The molecule has 140 valence electrons. The number of aryl methyl sites for hydroxylation is 2. The van der Waals surface area contributed by atoms with Gasteiger partial charge in [-0.15, -0.1) is 0 Å². The largest absolute Gasteiger partial charge is 0.485 e. The van der Waals surface area contributed by atoms with Crippen LogP contribution in [0.2, 0.25) is 0 Å². The summed E-state index contributed by atoms with van der Waals surface area (Å²) in [5.74, 6) is 2.07. The van der Waals surface area contributed by atoms with E-state index in [1.807, 2.05) is 43.4 Å². The van der Waals surface area contributed by atoms with Crippen LogP contribution in [0.15, 0.2) is 42.5 Å². The molecule has 4 rings (SSSR count). The molecule has 3 aromatic rings. The van der Waals surface area contributed by atoms with Gasteiger partial charge < -0.3 is 25.1 Å². The highest BCUT2D eigenvalue weighted by molar-refractivity contribution is 5.82. The van der Waals surface area contributed by atoms with Gasteiger partial charge in [-0.2, -0.15) is 0 Å². The summed E-state index contributed by atoms with van der Waals surface area (Å²) in [5.41, 5.74) is 8.47. The molecule has 1 aliphatic rings. The predicted octanol–water partition coefficient (Wildman–Crippen LogP) is 2.04. The van der Waals surface area contributed by atoms with E-state index in [-0.39, 0.29) is 12.5 Å². The number of rotatable bonds is 5. The normalized spacial score (nSPS) is 15.7. The molecule has 2 aromatic carbocycles. The molecule has 0 fully saturated rings. The van der Waals surface area contributed by atoms with Gasteiger partial charge in [0.1, 0.15) is 12.4 Å². The zero-order valence-electron chi connectivity index (χ0n) is 15.1. The fourth-order valence-corrected chi connectivity index (χ4v) is 3.21. The van der Waals surface area contributed by atoms with Gasteiger partial charge in [0.2, 0.25) is 6.10 Å². The van der Waals surface area contributed by atoms with Crippen LogP contribution in [0.1, 0.15) is 12.2 Å². The van der Waals surface area contributed by atoms with E-state index < -0.39 is 6.10 Å². The zero-order chi connectivity index (χ0) is 18.8. The molecule has 1 aliphatic heterocycles. The third-order valence-corrected chi connectivity index (χ3v) is 4.67. The SMILES string of the molecule is Cn1c(CCCNC(=O)C2COc3ccccc3O2)nc2cc(N)ccc21. The minimum absolute atomic E-state index is 0.165. The number of hydrogen-bond acceptors (Lipinski definition) is 5. The van der Waals surface area contributed by atoms with Gasteiger partial charge in [-0.1, -0.05) is 12.1 Å². The maximum absolute atomic E-state index is 12.3. The molecule has 1 aromatic heterocycles. The van der Waals surface area contributed by atoms with Gasteiger partial charge in [-0.05, 0) is 36.8 Å². The van der Waals surface area contributed by atoms with E-state index in [0.717, 1.165) is 29.7 Å². The van der Waals surface area contributed by atoms with Crippen molar-refractivity contribution in [3.8, 4) is 11.5 Å². The number of amides is 1. The van der Waals surface area contributed by atoms with Crippen LogP contribution < -0.4 is 20.5 Å². The molecule has 0 saturated carbocycles. The molecule has 3 N–H and O–H groups in total. The fourth-order valence-electron chi connectivity index (χ4n) is 3.21. The molecule has 2 heterocycles. The Morgan fingerprint density at radius 2 is 2.11 bits per heavy atom. The average molecular weight is 366 g/mol. The first-order chi connectivity index (χ1) is 13.1. The van der Waals surface area contributed by atoms with Crippen LogP contribution in [0.5, 0.6) is 11.5 Å². The molecule has 0 radical (unpaired) electrons. The number of carbonyl (C=O) groups excluding carboxylic acids is 1. The standard InChI is InChI=1S/C20H22N4O3/c1-24-15-9-8-13(21)11-14(15)23-19(24)7-4-10-22-20(25)18-12-26-16-5-2-3-6-17(16)27-18/h2-3,5-6,8-9,11,18H,4,7,10,12,21H2,1H3,(H,22,25). The second kappa shape index (κ2) is 7.19. The number of hydrogen-bond donors (Lipinski definition) is 2. The van der Waals surface area contributed by atoms with Crippen molar-refractivity contribution >= 4 is 22.6 Å². The van der Waals surface area contributed by atoms with E-state index in [4.69, 9.17) is 15.2 Å². The number of para-hydroxylation sites is 2. The topological polar surface area (TPSA) is 91.4 Å². The average Bonchev–Trinajstić information content (AvgIpc) is 2.99. The van der Waals surface area contributed by atoms with Crippen LogP contribution >= 0.6 is 0 Å². The van der Waals surface area contributed by atoms with Crippen molar-refractivity contribution in [2.75, 3.05) is 18.9 Å². The smallest absolute Gasteiger partial charge is 0.264 e. The Kier molecular flexibility index (Phi) is 4.58. The van der Waals surface area contributed by atoms with Gasteiger partial charge in [0.15, 0.2) is 11.5 Å². The van der Waals surface area contributed by atoms with Crippen molar-refractivity contribution in [2.24, 2.45) is 7.05 Å². The van der Waals surface area contributed by atoms with Gasteiger partial charge in [-0.3, -0.25) is 4.79 Å². The van der Waals surface area contributed by atoms with Crippen molar-refractivity contribution < 1.29 is 14.3 Å². The van der Waals surface area contributed by atoms with Crippen LogP contribution in [0.3, 0.4) is 0 Å². The summed E-state index contributed by atoms with van der Waals surface area (Å²) in [5, 5.41) is 2.91. The molecule has 0 spiro atoms. The Hall–Kier alpha value is -3.22. The highest BCUT2D eigenvalue weighted by atomic mass is 16.6. The van der Waals surface area contributed by atoms with E-state index in [9.17, 15) is 4.79 Å². The van der Waals surface area contributed by atoms with Crippen molar-refractivity contribution in [2.45, 2.75) is 18.9 Å². The Morgan fingerprint density at radius 1 is 1.30 bits per heavy atom. The van der Waals surface area contributed by atoms with Crippen LogP contribution in [0.25, 0.3) is 11.0 Å². The number of anilines is 1. The summed E-state index contributed by atoms with van der Waals surface area (Å²) >= 11 is 0. The number of benzene rings is 2. The summed E-state index contributed by atoms with van der Waals surface area (Å²) in [7, 11) is 1.99. The van der Waals surface area contributed by atoms with Crippen molar-refractivity contribution in [1.29, 1.82) is 0 Å². The Bertz CT molecular complexity index is 983. The van der Waals surface area contributed by atoms with Gasteiger partial charge in [0, 0.05) is 25.7 Å². The first-order valence-electron chi connectivity index (χ1n) is 8.99. The molecule has 1 unspecified atom stereocenters. The Morgan fingerprint density at radius 3 is 2.96 bits per heavy atom. The quantitative estimate of drug-likeness (QED) is 0.533. The van der Waals surface area contributed by atoms with Gasteiger partial charge in [0.05, 0.1) is 11.0 Å². The monoisotopic (exact) mass is 366 g/mol. The number of carbonyl (C=O) groups is 1. The summed E-state index contributed by atoms with van der Waals surface area (Å²) in [6.45, 7) is 0.765. The molecular formula is C20H22N4O3. The number of nitrogen functional groups attached to an aromatic ring is 1. The van der Waals surface area contributed by atoms with Crippen molar-refractivity contribution in [3.63, 3.8) is 0 Å². The summed E-state index contributed by atoms with van der Waals surface area (Å²) in [6, 6.07) is 13.1. The summed E-state index contributed by atoms with van der Waals surface area (Å²) in [4.78, 5) is 16.9. The molecule has 0 bridgehead atoms. The lowest BCUT2D eigenvalue weighted by atomic mass is 10.2. The molecule has 0 saturated heterocycles. The Balaban J connectivity index is 1.29. The van der Waals surface area contributed by atoms with E-state index >= 15 is 0 Å². The number of nitrogens with zero attached hydrogens (tertiary/aromatic N) is 2. The highest BCUT2D eigenvalue weighted by Crippen LogP contribution is 2.30. The molecule has 1 atom stereocenters. The van der Waals surface area contributed by atoms with Crippen LogP contribution in [0, 0.1) is 0 Å². The number of fused-ring (bicyclic) bond motifs is 2. The second-order valence-corrected chi connectivity index (χ2v) is 6.59. The Labute approximate surface area is 157 Å². The molecule has 27 heavy (non-hydrogen) atoms. The lowest BCUT2D eigenvalue weighted by molar-refractivity contribution is -0.130. The maximum Gasteiger partial charge on any atom is 0.264 e. The van der Waals surface area contributed by atoms with Gasteiger partial charge >= 0.3 is 0 Å². The minimum atomic E-state index is -0.626. The third-order valence-electron chi connectivity index (χ3n) is 4.67. The fraction of sp³-hybridized carbons (Fsp3) is 0.300. The van der Waals surface area contributed by atoms with E-state index in [0.29, 0.717) is 23.7 Å². The zero-order valence-corrected chi connectivity index (χ0v) is 15.1. The first kappa shape index (κ1) is 17.2. The van der Waals surface area contributed by atoms with E-state index in [1.165, 1.54) is 0 Å². The number of nitrogens with two attached hydrogens (primary N) is 1. The second-order valence-electron chi connectivity index (χ2n) is 6.59. The molecular weight excluding hydrogens is 344 g/mol.